The summed E-state index contributed by atoms with van der Waals surface area (Å²) in [6, 6.07) is 14.9. The van der Waals surface area contributed by atoms with E-state index in [1.807, 2.05) is 31.2 Å². The van der Waals surface area contributed by atoms with E-state index in [9.17, 15) is 9.59 Å². The topological polar surface area (TPSA) is 84.0 Å². The predicted molar refractivity (Wildman–Crippen MR) is 110 cm³/mol. The number of ketones is 1. The quantitative estimate of drug-likeness (QED) is 0.450. The number of aryl methyl sites for hydroxylation is 1. The molecule has 138 valence electrons. The van der Waals surface area contributed by atoms with Crippen molar-refractivity contribution in [2.45, 2.75) is 18.2 Å². The molecule has 0 atom stereocenters. The van der Waals surface area contributed by atoms with E-state index in [0.29, 0.717) is 20.7 Å². The molecule has 3 aromatic rings. The van der Waals surface area contributed by atoms with Gasteiger partial charge in [0.25, 0.3) is 0 Å². The van der Waals surface area contributed by atoms with Crippen molar-refractivity contribution in [3.8, 4) is 0 Å². The van der Waals surface area contributed by atoms with Crippen molar-refractivity contribution in [3.63, 3.8) is 0 Å². The van der Waals surface area contributed by atoms with Gasteiger partial charge in [0, 0.05) is 16.9 Å². The van der Waals surface area contributed by atoms with Crippen LogP contribution in [0.4, 0.5) is 16.5 Å². The monoisotopic (exact) mass is 398 g/mol. The van der Waals surface area contributed by atoms with Gasteiger partial charge in [-0.2, -0.15) is 0 Å². The molecule has 1 heterocycles. The minimum absolute atomic E-state index is 0.0389. The molecule has 0 aliphatic carbocycles. The summed E-state index contributed by atoms with van der Waals surface area (Å²) in [7, 11) is 0. The van der Waals surface area contributed by atoms with Crippen LogP contribution in [-0.2, 0) is 4.79 Å². The zero-order valence-electron chi connectivity index (χ0n) is 14.9. The van der Waals surface area contributed by atoms with Crippen LogP contribution < -0.4 is 10.6 Å². The SMILES string of the molecule is CC(=O)c1cccc(NC(=O)CSc2nnc(Nc3cccc(C)c3)s2)c1. The van der Waals surface area contributed by atoms with Crippen molar-refractivity contribution >= 4 is 51.3 Å². The van der Waals surface area contributed by atoms with Crippen LogP contribution in [0.5, 0.6) is 0 Å². The summed E-state index contributed by atoms with van der Waals surface area (Å²) in [5, 5.41) is 14.9. The predicted octanol–water partition coefficient (Wildman–Crippen LogP) is 4.52. The second kappa shape index (κ2) is 8.79. The van der Waals surface area contributed by atoms with Gasteiger partial charge in [0.1, 0.15) is 0 Å². The van der Waals surface area contributed by atoms with Gasteiger partial charge in [-0.1, -0.05) is 47.4 Å². The molecular formula is C19H18N4O2S2. The average Bonchev–Trinajstić information content (AvgIpc) is 3.07. The standard InChI is InChI=1S/C19H18N4O2S2/c1-12-5-3-7-15(9-12)21-18-22-23-19(27-18)26-11-17(25)20-16-8-4-6-14(10-16)13(2)24/h3-10H,11H2,1-2H3,(H,20,25)(H,21,22). The number of thioether (sulfide) groups is 1. The van der Waals surface area contributed by atoms with Gasteiger partial charge in [-0.3, -0.25) is 9.59 Å². The highest BCUT2D eigenvalue weighted by atomic mass is 32.2. The van der Waals surface area contributed by atoms with Gasteiger partial charge in [0.15, 0.2) is 10.1 Å². The van der Waals surface area contributed by atoms with Gasteiger partial charge in [0.2, 0.25) is 11.0 Å². The highest BCUT2D eigenvalue weighted by molar-refractivity contribution is 8.01. The Hall–Kier alpha value is -2.71. The summed E-state index contributed by atoms with van der Waals surface area (Å²) in [5.41, 5.74) is 3.28. The van der Waals surface area contributed by atoms with Crippen LogP contribution >= 0.6 is 23.1 Å². The molecule has 0 saturated heterocycles. The number of Topliss-reactive ketones (excluding diaryl/α,β-unsaturated/α-hetero) is 1. The molecule has 1 amide bonds. The minimum atomic E-state index is -0.163. The average molecular weight is 399 g/mol. The van der Waals surface area contributed by atoms with Crippen molar-refractivity contribution in [1.82, 2.24) is 10.2 Å². The molecule has 0 spiro atoms. The van der Waals surface area contributed by atoms with E-state index in [4.69, 9.17) is 0 Å². The lowest BCUT2D eigenvalue weighted by atomic mass is 10.1. The van der Waals surface area contributed by atoms with Gasteiger partial charge in [-0.25, -0.2) is 0 Å². The number of anilines is 3. The van der Waals surface area contributed by atoms with Gasteiger partial charge < -0.3 is 10.6 Å². The van der Waals surface area contributed by atoms with E-state index in [-0.39, 0.29) is 17.4 Å². The number of nitrogens with zero attached hydrogens (tertiary/aromatic N) is 2. The number of amides is 1. The van der Waals surface area contributed by atoms with Crippen molar-refractivity contribution in [2.75, 3.05) is 16.4 Å². The maximum absolute atomic E-state index is 12.1. The van der Waals surface area contributed by atoms with Crippen LogP contribution in [0.1, 0.15) is 22.8 Å². The minimum Gasteiger partial charge on any atom is -0.330 e. The molecule has 27 heavy (non-hydrogen) atoms. The Bertz CT molecular complexity index is 972. The number of nitrogens with one attached hydrogen (secondary N) is 2. The van der Waals surface area contributed by atoms with Crippen LogP contribution in [0.15, 0.2) is 52.9 Å². The van der Waals surface area contributed by atoms with E-state index in [0.717, 1.165) is 11.3 Å². The van der Waals surface area contributed by atoms with Crippen LogP contribution in [0.25, 0.3) is 0 Å². The van der Waals surface area contributed by atoms with Gasteiger partial charge in [0.05, 0.1) is 5.75 Å². The second-order valence-corrected chi connectivity index (χ2v) is 8.04. The van der Waals surface area contributed by atoms with Gasteiger partial charge in [-0.15, -0.1) is 10.2 Å². The fourth-order valence-corrected chi connectivity index (χ4v) is 3.88. The van der Waals surface area contributed by atoms with Crippen molar-refractivity contribution < 1.29 is 9.59 Å². The van der Waals surface area contributed by atoms with E-state index < -0.39 is 0 Å². The third kappa shape index (κ3) is 5.63. The number of carbonyl (C=O) groups is 2. The van der Waals surface area contributed by atoms with Crippen LogP contribution in [0, 0.1) is 6.92 Å². The molecule has 1 aromatic heterocycles. The van der Waals surface area contributed by atoms with Crippen LogP contribution in [0.2, 0.25) is 0 Å². The lowest BCUT2D eigenvalue weighted by molar-refractivity contribution is -0.113. The third-order valence-corrected chi connectivity index (χ3v) is 5.53. The normalized spacial score (nSPS) is 10.4. The Balaban J connectivity index is 1.53. The highest BCUT2D eigenvalue weighted by Gasteiger charge is 2.10. The summed E-state index contributed by atoms with van der Waals surface area (Å²) >= 11 is 2.71. The Morgan fingerprint density at radius 3 is 2.63 bits per heavy atom. The maximum atomic E-state index is 12.1. The molecule has 3 rings (SSSR count). The lowest BCUT2D eigenvalue weighted by Crippen LogP contribution is -2.14. The number of aromatic nitrogens is 2. The third-order valence-electron chi connectivity index (χ3n) is 3.56. The number of rotatable bonds is 7. The first kappa shape index (κ1) is 19.1. The second-order valence-electron chi connectivity index (χ2n) is 5.84. The molecule has 0 aliphatic rings. The lowest BCUT2D eigenvalue weighted by Gasteiger charge is -2.05. The largest absolute Gasteiger partial charge is 0.330 e. The first-order valence-corrected chi connectivity index (χ1v) is 10.0. The molecule has 6 nitrogen and oxygen atoms in total. The Morgan fingerprint density at radius 2 is 1.85 bits per heavy atom. The van der Waals surface area contributed by atoms with E-state index in [1.165, 1.54) is 30.0 Å². The summed E-state index contributed by atoms with van der Waals surface area (Å²) in [5.74, 6) is 0.00990. The van der Waals surface area contributed by atoms with E-state index in [2.05, 4.69) is 20.8 Å². The summed E-state index contributed by atoms with van der Waals surface area (Å²) < 4.78 is 0.706. The highest BCUT2D eigenvalue weighted by Crippen LogP contribution is 2.28. The van der Waals surface area contributed by atoms with Gasteiger partial charge in [-0.05, 0) is 43.7 Å². The number of carbonyl (C=O) groups excluding carboxylic acids is 2. The smallest absolute Gasteiger partial charge is 0.234 e. The van der Waals surface area contributed by atoms with E-state index >= 15 is 0 Å². The Morgan fingerprint density at radius 1 is 1.07 bits per heavy atom. The summed E-state index contributed by atoms with van der Waals surface area (Å²) in [6.07, 6.45) is 0. The van der Waals surface area contributed by atoms with Crippen LogP contribution in [-0.4, -0.2) is 27.6 Å². The van der Waals surface area contributed by atoms with E-state index in [1.54, 1.807) is 24.3 Å². The Kier molecular flexibility index (Phi) is 6.20. The first-order chi connectivity index (χ1) is 13.0. The molecule has 0 radical (unpaired) electrons. The molecule has 2 N–H and O–H groups in total. The molecular weight excluding hydrogens is 380 g/mol. The summed E-state index contributed by atoms with van der Waals surface area (Å²) in [4.78, 5) is 23.5. The number of benzene rings is 2. The molecule has 0 unspecified atom stereocenters. The summed E-state index contributed by atoms with van der Waals surface area (Å²) in [6.45, 7) is 3.52. The fourth-order valence-electron chi connectivity index (χ4n) is 2.31. The fraction of sp³-hybridized carbons (Fsp3) is 0.158. The maximum Gasteiger partial charge on any atom is 0.234 e. The van der Waals surface area contributed by atoms with Crippen molar-refractivity contribution in [3.05, 3.63) is 59.7 Å². The molecule has 2 aromatic carbocycles. The molecule has 8 heteroatoms. The Labute approximate surface area is 165 Å². The molecule has 0 saturated carbocycles. The van der Waals surface area contributed by atoms with Gasteiger partial charge >= 0.3 is 0 Å². The molecule has 0 aliphatic heterocycles. The zero-order valence-corrected chi connectivity index (χ0v) is 16.5. The molecule has 0 bridgehead atoms. The van der Waals surface area contributed by atoms with Crippen molar-refractivity contribution in [1.29, 1.82) is 0 Å². The first-order valence-electron chi connectivity index (χ1n) is 8.20. The van der Waals surface area contributed by atoms with Crippen molar-refractivity contribution in [2.24, 2.45) is 0 Å². The molecule has 0 fully saturated rings. The van der Waals surface area contributed by atoms with Crippen LogP contribution in [0.3, 0.4) is 0 Å². The number of hydrogen-bond donors (Lipinski definition) is 2. The number of hydrogen-bond acceptors (Lipinski definition) is 7. The zero-order chi connectivity index (χ0) is 19.2.